The number of hydrogen-bond donors (Lipinski definition) is 1. The molecular weight excluding hydrogens is 388 g/mol. The number of nitrogens with one attached hydrogen (secondary N) is 1. The number of esters is 1. The number of aromatic amines is 1. The van der Waals surface area contributed by atoms with Crippen molar-refractivity contribution in [1.29, 1.82) is 0 Å². The van der Waals surface area contributed by atoms with Crippen molar-refractivity contribution in [2.75, 3.05) is 6.61 Å². The van der Waals surface area contributed by atoms with E-state index in [0.29, 0.717) is 17.0 Å². The molecule has 152 valence electrons. The second-order valence-corrected chi connectivity index (χ2v) is 8.66. The topological polar surface area (TPSA) is 81.3 Å². The fourth-order valence-corrected chi connectivity index (χ4v) is 5.27. The molecule has 2 aromatic heterocycles. The van der Waals surface area contributed by atoms with Crippen molar-refractivity contribution in [2.24, 2.45) is 0 Å². The molecular formula is C22H24N2O4S. The molecule has 0 spiro atoms. The minimum Gasteiger partial charge on any atom is -0.481 e. The molecule has 0 aliphatic heterocycles. The van der Waals surface area contributed by atoms with Gasteiger partial charge in [0.05, 0.1) is 5.39 Å². The van der Waals surface area contributed by atoms with E-state index in [-0.39, 0.29) is 18.8 Å². The number of H-pyrrole nitrogens is 1. The van der Waals surface area contributed by atoms with Gasteiger partial charge in [0, 0.05) is 4.88 Å². The minimum absolute atomic E-state index is 0.0815. The minimum atomic E-state index is -0.502. The van der Waals surface area contributed by atoms with Gasteiger partial charge in [-0.2, -0.15) is 0 Å². The summed E-state index contributed by atoms with van der Waals surface area (Å²) in [6.45, 7) is 5.65. The third kappa shape index (κ3) is 4.05. The molecule has 1 N–H and O–H groups in total. The fourth-order valence-electron chi connectivity index (χ4n) is 3.99. The van der Waals surface area contributed by atoms with Gasteiger partial charge in [0.15, 0.2) is 6.61 Å². The zero-order chi connectivity index (χ0) is 20.5. The van der Waals surface area contributed by atoms with E-state index in [1.165, 1.54) is 4.88 Å². The maximum atomic E-state index is 12.5. The first-order valence-electron chi connectivity index (χ1n) is 9.82. The lowest BCUT2D eigenvalue weighted by Gasteiger charge is -2.12. The molecule has 7 heteroatoms. The van der Waals surface area contributed by atoms with Gasteiger partial charge >= 0.3 is 5.97 Å². The smallest absolute Gasteiger partial charge is 0.344 e. The number of benzene rings is 1. The normalized spacial score (nSPS) is 13.3. The Labute approximate surface area is 172 Å². The van der Waals surface area contributed by atoms with Crippen LogP contribution >= 0.6 is 11.3 Å². The van der Waals surface area contributed by atoms with Crippen LogP contribution in [0.2, 0.25) is 0 Å². The van der Waals surface area contributed by atoms with Crippen LogP contribution in [0.3, 0.4) is 0 Å². The Morgan fingerprint density at radius 3 is 2.66 bits per heavy atom. The van der Waals surface area contributed by atoms with Gasteiger partial charge in [0.1, 0.15) is 23.0 Å². The number of hydrogen-bond acceptors (Lipinski definition) is 6. The van der Waals surface area contributed by atoms with Crippen LogP contribution in [-0.2, 0) is 29.0 Å². The standard InChI is InChI=1S/C22H24N2O4S/c1-12-8-13(2)20(14(3)9-12)28-11-18(25)27-10-17-23-21(26)19-15-6-4-5-7-16(15)29-22(19)24-17/h8-9H,4-7,10-11H2,1-3H3,(H,23,24,26). The molecule has 2 heterocycles. The van der Waals surface area contributed by atoms with E-state index in [1.54, 1.807) is 11.3 Å². The van der Waals surface area contributed by atoms with E-state index >= 15 is 0 Å². The van der Waals surface area contributed by atoms with Gasteiger partial charge < -0.3 is 14.5 Å². The number of carbonyl (C=O) groups is 1. The Kier molecular flexibility index (Phi) is 5.41. The van der Waals surface area contributed by atoms with Gasteiger partial charge in [-0.15, -0.1) is 11.3 Å². The van der Waals surface area contributed by atoms with Crippen molar-refractivity contribution in [3.05, 3.63) is 55.4 Å². The molecule has 0 fully saturated rings. The number of thiophene rings is 1. The van der Waals surface area contributed by atoms with E-state index in [0.717, 1.165) is 52.8 Å². The summed E-state index contributed by atoms with van der Waals surface area (Å²) in [4.78, 5) is 33.9. The number of aryl methyl sites for hydroxylation is 5. The zero-order valence-electron chi connectivity index (χ0n) is 16.9. The quantitative estimate of drug-likeness (QED) is 0.643. The molecule has 0 bridgehead atoms. The van der Waals surface area contributed by atoms with E-state index in [4.69, 9.17) is 9.47 Å². The molecule has 6 nitrogen and oxygen atoms in total. The Morgan fingerprint density at radius 2 is 1.90 bits per heavy atom. The molecule has 3 aromatic rings. The van der Waals surface area contributed by atoms with Crippen LogP contribution in [0, 0.1) is 20.8 Å². The zero-order valence-corrected chi connectivity index (χ0v) is 17.7. The Balaban J connectivity index is 1.42. The summed E-state index contributed by atoms with van der Waals surface area (Å²) in [7, 11) is 0. The highest BCUT2D eigenvalue weighted by atomic mass is 32.1. The van der Waals surface area contributed by atoms with Gasteiger partial charge in [-0.25, -0.2) is 9.78 Å². The lowest BCUT2D eigenvalue weighted by atomic mass is 9.97. The molecule has 0 atom stereocenters. The Hall–Kier alpha value is -2.67. The third-order valence-corrected chi connectivity index (χ3v) is 6.37. The molecule has 0 saturated carbocycles. The molecule has 1 aliphatic rings. The predicted octanol–water partition coefficient (Wildman–Crippen LogP) is 3.91. The molecule has 0 amide bonds. The van der Waals surface area contributed by atoms with Crippen LogP contribution in [0.1, 0.15) is 45.8 Å². The molecule has 1 aromatic carbocycles. The van der Waals surface area contributed by atoms with Crippen LogP contribution in [-0.4, -0.2) is 22.5 Å². The van der Waals surface area contributed by atoms with Crippen molar-refractivity contribution < 1.29 is 14.3 Å². The SMILES string of the molecule is Cc1cc(C)c(OCC(=O)OCc2nc3sc4c(c3c(=O)[nH]2)CCCC4)c(C)c1. The van der Waals surface area contributed by atoms with E-state index in [9.17, 15) is 9.59 Å². The first-order chi connectivity index (χ1) is 13.9. The molecule has 4 rings (SSSR count). The molecule has 0 saturated heterocycles. The summed E-state index contributed by atoms with van der Waals surface area (Å²) in [5.41, 5.74) is 4.10. The monoisotopic (exact) mass is 412 g/mol. The predicted molar refractivity (Wildman–Crippen MR) is 113 cm³/mol. The summed E-state index contributed by atoms with van der Waals surface area (Å²) >= 11 is 1.58. The largest absolute Gasteiger partial charge is 0.481 e. The van der Waals surface area contributed by atoms with Crippen molar-refractivity contribution >= 4 is 27.5 Å². The van der Waals surface area contributed by atoms with E-state index in [2.05, 4.69) is 9.97 Å². The lowest BCUT2D eigenvalue weighted by molar-refractivity contribution is -0.147. The van der Waals surface area contributed by atoms with Gasteiger partial charge in [0.25, 0.3) is 5.56 Å². The third-order valence-electron chi connectivity index (χ3n) is 5.18. The van der Waals surface area contributed by atoms with E-state index < -0.39 is 5.97 Å². The fraction of sp³-hybridized carbons (Fsp3) is 0.409. The number of ether oxygens (including phenoxy) is 2. The summed E-state index contributed by atoms with van der Waals surface area (Å²) in [6.07, 6.45) is 4.21. The highest BCUT2D eigenvalue weighted by Crippen LogP contribution is 2.33. The van der Waals surface area contributed by atoms with Crippen molar-refractivity contribution in [2.45, 2.75) is 53.1 Å². The van der Waals surface area contributed by atoms with Gasteiger partial charge in [-0.3, -0.25) is 4.79 Å². The Bertz CT molecular complexity index is 1120. The lowest BCUT2D eigenvalue weighted by Crippen LogP contribution is -2.18. The van der Waals surface area contributed by atoms with Crippen LogP contribution in [0.15, 0.2) is 16.9 Å². The Morgan fingerprint density at radius 1 is 1.17 bits per heavy atom. The van der Waals surface area contributed by atoms with E-state index in [1.807, 2.05) is 32.9 Å². The maximum Gasteiger partial charge on any atom is 0.344 e. The number of fused-ring (bicyclic) bond motifs is 3. The summed E-state index contributed by atoms with van der Waals surface area (Å²) in [5, 5.41) is 0.702. The van der Waals surface area contributed by atoms with Gasteiger partial charge in [0.2, 0.25) is 0 Å². The van der Waals surface area contributed by atoms with Crippen molar-refractivity contribution in [3.63, 3.8) is 0 Å². The average molecular weight is 413 g/mol. The number of aromatic nitrogens is 2. The number of rotatable bonds is 5. The number of nitrogens with zero attached hydrogens (tertiary/aromatic N) is 1. The average Bonchev–Trinajstić information content (AvgIpc) is 3.04. The van der Waals surface area contributed by atoms with Crippen molar-refractivity contribution in [1.82, 2.24) is 9.97 Å². The first kappa shape index (κ1) is 19.6. The summed E-state index contributed by atoms with van der Waals surface area (Å²) in [5.74, 6) is 0.555. The second kappa shape index (κ2) is 7.99. The van der Waals surface area contributed by atoms with Gasteiger partial charge in [-0.05, 0) is 63.1 Å². The summed E-state index contributed by atoms with van der Waals surface area (Å²) < 4.78 is 10.9. The van der Waals surface area contributed by atoms with Crippen LogP contribution < -0.4 is 10.3 Å². The first-order valence-corrected chi connectivity index (χ1v) is 10.6. The van der Waals surface area contributed by atoms with Crippen LogP contribution in [0.5, 0.6) is 5.75 Å². The molecule has 29 heavy (non-hydrogen) atoms. The van der Waals surface area contributed by atoms with Crippen LogP contribution in [0.4, 0.5) is 0 Å². The highest BCUT2D eigenvalue weighted by Gasteiger charge is 2.20. The molecule has 0 radical (unpaired) electrons. The van der Waals surface area contributed by atoms with Gasteiger partial charge in [-0.1, -0.05) is 17.7 Å². The summed E-state index contributed by atoms with van der Waals surface area (Å²) in [6, 6.07) is 4.02. The molecule has 1 aliphatic carbocycles. The molecule has 0 unspecified atom stereocenters. The second-order valence-electron chi connectivity index (χ2n) is 7.58. The highest BCUT2D eigenvalue weighted by molar-refractivity contribution is 7.18. The number of carbonyl (C=O) groups excluding carboxylic acids is 1. The van der Waals surface area contributed by atoms with Crippen molar-refractivity contribution in [3.8, 4) is 5.75 Å². The maximum absolute atomic E-state index is 12.5. The van der Waals surface area contributed by atoms with Crippen LogP contribution in [0.25, 0.3) is 10.2 Å².